The number of quaternary nitrogens is 1. The van der Waals surface area contributed by atoms with Crippen LogP contribution < -0.4 is 5.32 Å². The van der Waals surface area contributed by atoms with Crippen LogP contribution in [0.15, 0.2) is 0 Å². The molecule has 3 unspecified atom stereocenters. The Hall–Kier alpha value is -2.53. The minimum Gasteiger partial charge on any atom is -0.465 e. The number of hydrogen-bond acceptors (Lipinski definition) is 8. The van der Waals surface area contributed by atoms with Crippen molar-refractivity contribution in [2.75, 3.05) is 67.6 Å². The van der Waals surface area contributed by atoms with Crippen LogP contribution in [0.1, 0.15) is 66.2 Å². The summed E-state index contributed by atoms with van der Waals surface area (Å²) < 4.78 is 11.4. The van der Waals surface area contributed by atoms with Crippen LogP contribution in [0, 0.1) is 23.2 Å². The molecule has 0 aliphatic heterocycles. The van der Waals surface area contributed by atoms with Crippen LogP contribution in [0.5, 0.6) is 0 Å². The van der Waals surface area contributed by atoms with Crippen LogP contribution in [0.4, 0.5) is 0 Å². The second-order valence-electron chi connectivity index (χ2n) is 12.1. The van der Waals surface area contributed by atoms with Crippen LogP contribution in [-0.4, -0.2) is 112 Å². The quantitative estimate of drug-likeness (QED) is 0.0919. The lowest BCUT2D eigenvalue weighted by Gasteiger charge is -2.31. The van der Waals surface area contributed by atoms with Gasteiger partial charge in [-0.05, 0) is 32.1 Å². The number of aliphatic hydroxyl groups excluding tert-OH is 1. The number of carbonyl (C=O) groups excluding carboxylic acids is 5. The van der Waals surface area contributed by atoms with E-state index in [4.69, 9.17) is 9.47 Å². The summed E-state index contributed by atoms with van der Waals surface area (Å²) in [6, 6.07) is 0. The molecule has 0 heterocycles. The minimum atomic E-state index is -0.957. The van der Waals surface area contributed by atoms with Crippen molar-refractivity contribution in [3.8, 4) is 0 Å². The molecule has 0 spiro atoms. The molecule has 11 nitrogen and oxygen atoms in total. The zero-order valence-electron chi connectivity index (χ0n) is 26.0. The first-order valence-electron chi connectivity index (χ1n) is 14.3. The van der Waals surface area contributed by atoms with Crippen LogP contribution in [0.3, 0.4) is 0 Å². The maximum Gasteiger partial charge on any atom is 0.309 e. The molecule has 0 bridgehead atoms. The summed E-state index contributed by atoms with van der Waals surface area (Å²) in [7, 11) is 7.76. The van der Waals surface area contributed by atoms with E-state index in [9.17, 15) is 29.1 Å². The van der Waals surface area contributed by atoms with E-state index in [-0.39, 0.29) is 57.4 Å². The van der Waals surface area contributed by atoms with Gasteiger partial charge in [0.2, 0.25) is 11.8 Å². The molecule has 11 heteroatoms. The first-order valence-corrected chi connectivity index (χ1v) is 14.3. The van der Waals surface area contributed by atoms with Crippen LogP contribution in [-0.2, 0) is 33.4 Å². The standard InChI is InChI=1S/C29H53N3O8/c1-9-17-39-26(36)23(19-22(10-2)25(35)31(5)13-15-33)20-24(27(37)40-18-16-34)21-29(3,4)28(38)30-12-11-14-32(6,7)8/h15,22-24,34H,9-14,16-21H2,1-8H3/p+1. The second kappa shape index (κ2) is 18.7. The first-order chi connectivity index (χ1) is 18.6. The SMILES string of the molecule is CCCOC(=O)C(CC(CC(C)(C)C(=O)NCCC[N+](C)(C)C)C(=O)OCCO)CC(CC)C(=O)N(C)CC=O. The predicted molar refractivity (Wildman–Crippen MR) is 152 cm³/mol. The summed E-state index contributed by atoms with van der Waals surface area (Å²) >= 11 is 0. The highest BCUT2D eigenvalue weighted by Gasteiger charge is 2.38. The van der Waals surface area contributed by atoms with Gasteiger partial charge in [-0.3, -0.25) is 19.2 Å². The first kappa shape index (κ1) is 37.5. The van der Waals surface area contributed by atoms with Crippen molar-refractivity contribution < 1.29 is 43.0 Å². The number of carbonyl (C=O) groups is 5. The molecular formula is C29H54N3O8+. The number of likely N-dealkylation sites (N-methyl/N-ethyl adjacent to an activating group) is 1. The maximum atomic E-state index is 13.1. The summed E-state index contributed by atoms with van der Waals surface area (Å²) in [4.78, 5) is 64.5. The number of amides is 2. The van der Waals surface area contributed by atoms with Crippen LogP contribution in [0.25, 0.3) is 0 Å². The minimum absolute atomic E-state index is 0.0200. The Morgan fingerprint density at radius 1 is 0.975 bits per heavy atom. The fraction of sp³-hybridized carbons (Fsp3) is 0.828. The van der Waals surface area contributed by atoms with Crippen molar-refractivity contribution in [1.82, 2.24) is 10.2 Å². The lowest BCUT2D eigenvalue weighted by Crippen LogP contribution is -2.42. The third-order valence-corrected chi connectivity index (χ3v) is 6.82. The Morgan fingerprint density at radius 2 is 1.55 bits per heavy atom. The van der Waals surface area contributed by atoms with E-state index >= 15 is 0 Å². The predicted octanol–water partition coefficient (Wildman–Crippen LogP) is 1.80. The van der Waals surface area contributed by atoms with Gasteiger partial charge in [0, 0.05) is 31.3 Å². The highest BCUT2D eigenvalue weighted by Crippen LogP contribution is 2.33. The van der Waals surface area contributed by atoms with Gasteiger partial charge in [-0.15, -0.1) is 0 Å². The summed E-state index contributed by atoms with van der Waals surface area (Å²) in [6.45, 7) is 8.14. The highest BCUT2D eigenvalue weighted by molar-refractivity contribution is 5.84. The molecule has 0 rings (SSSR count). The number of aldehydes is 1. The van der Waals surface area contributed by atoms with Gasteiger partial charge in [0.15, 0.2) is 0 Å². The van der Waals surface area contributed by atoms with Gasteiger partial charge < -0.3 is 34.1 Å². The van der Waals surface area contributed by atoms with E-state index in [2.05, 4.69) is 26.5 Å². The molecule has 0 aromatic carbocycles. The summed E-state index contributed by atoms with van der Waals surface area (Å²) in [5.74, 6) is -3.83. The van der Waals surface area contributed by atoms with Crippen LogP contribution >= 0.6 is 0 Å². The van der Waals surface area contributed by atoms with Crippen molar-refractivity contribution >= 4 is 30.0 Å². The Kier molecular flexibility index (Phi) is 17.6. The molecule has 0 aliphatic carbocycles. The van der Waals surface area contributed by atoms with Crippen molar-refractivity contribution in [2.24, 2.45) is 23.2 Å². The topological polar surface area (TPSA) is 139 Å². The zero-order valence-corrected chi connectivity index (χ0v) is 26.0. The van der Waals surface area contributed by atoms with Gasteiger partial charge in [0.1, 0.15) is 12.9 Å². The number of ether oxygens (including phenoxy) is 2. The molecule has 0 saturated heterocycles. The number of hydrogen-bond donors (Lipinski definition) is 2. The van der Waals surface area contributed by atoms with E-state index in [1.54, 1.807) is 13.8 Å². The third kappa shape index (κ3) is 14.7. The molecule has 232 valence electrons. The van der Waals surface area contributed by atoms with Gasteiger partial charge >= 0.3 is 11.9 Å². The normalized spacial score (nSPS) is 14.0. The van der Waals surface area contributed by atoms with E-state index in [0.29, 0.717) is 25.7 Å². The smallest absolute Gasteiger partial charge is 0.309 e. The van der Waals surface area contributed by atoms with Crippen molar-refractivity contribution in [3.63, 3.8) is 0 Å². The monoisotopic (exact) mass is 572 g/mol. The van der Waals surface area contributed by atoms with E-state index < -0.39 is 35.1 Å². The molecule has 3 atom stereocenters. The van der Waals surface area contributed by atoms with Crippen molar-refractivity contribution in [1.29, 1.82) is 0 Å². The Morgan fingerprint density at radius 3 is 2.08 bits per heavy atom. The van der Waals surface area contributed by atoms with Crippen LogP contribution in [0.2, 0.25) is 0 Å². The summed E-state index contributed by atoms with van der Waals surface area (Å²) in [5, 5.41) is 12.1. The molecule has 0 aromatic rings. The van der Waals surface area contributed by atoms with Gasteiger partial charge in [-0.2, -0.15) is 0 Å². The molecule has 2 amide bonds. The number of rotatable bonds is 21. The molecule has 0 saturated carbocycles. The number of esters is 2. The van der Waals surface area contributed by atoms with Crippen molar-refractivity contribution in [3.05, 3.63) is 0 Å². The molecule has 0 radical (unpaired) electrons. The molecule has 40 heavy (non-hydrogen) atoms. The zero-order chi connectivity index (χ0) is 30.9. The maximum absolute atomic E-state index is 13.1. The lowest BCUT2D eigenvalue weighted by molar-refractivity contribution is -0.870. The number of nitrogens with one attached hydrogen (secondary N) is 1. The second-order valence-corrected chi connectivity index (χ2v) is 12.1. The average molecular weight is 573 g/mol. The fourth-order valence-electron chi connectivity index (χ4n) is 4.48. The summed E-state index contributed by atoms with van der Waals surface area (Å²) in [6.07, 6.45) is 2.73. The van der Waals surface area contributed by atoms with E-state index in [1.807, 2.05) is 13.8 Å². The number of aliphatic hydroxyl groups is 1. The van der Waals surface area contributed by atoms with Gasteiger partial charge in [0.05, 0.1) is 59.3 Å². The molecular weight excluding hydrogens is 518 g/mol. The Bertz CT molecular complexity index is 810. The fourth-order valence-corrected chi connectivity index (χ4v) is 4.48. The number of nitrogens with zero attached hydrogens (tertiary/aromatic N) is 2. The highest BCUT2D eigenvalue weighted by atomic mass is 16.5. The van der Waals surface area contributed by atoms with E-state index in [0.717, 1.165) is 17.4 Å². The average Bonchev–Trinajstić information content (AvgIpc) is 2.88. The molecule has 0 aromatic heterocycles. The Balaban J connectivity index is 5.91. The van der Waals surface area contributed by atoms with Gasteiger partial charge in [-0.1, -0.05) is 27.7 Å². The van der Waals surface area contributed by atoms with E-state index in [1.165, 1.54) is 11.9 Å². The molecule has 0 fully saturated rings. The largest absolute Gasteiger partial charge is 0.465 e. The molecule has 2 N–H and O–H groups in total. The third-order valence-electron chi connectivity index (χ3n) is 6.82. The van der Waals surface area contributed by atoms with Gasteiger partial charge in [0.25, 0.3) is 0 Å². The van der Waals surface area contributed by atoms with Crippen molar-refractivity contribution in [2.45, 2.75) is 66.2 Å². The Labute approximate surface area is 240 Å². The van der Waals surface area contributed by atoms with Gasteiger partial charge in [-0.25, -0.2) is 0 Å². The summed E-state index contributed by atoms with van der Waals surface area (Å²) in [5.41, 5.74) is -0.957. The lowest BCUT2D eigenvalue weighted by atomic mass is 9.76. The molecule has 0 aliphatic rings.